The van der Waals surface area contributed by atoms with Crippen molar-refractivity contribution in [2.75, 3.05) is 26.4 Å². The van der Waals surface area contributed by atoms with E-state index >= 15 is 0 Å². The molecule has 0 aromatic carbocycles. The van der Waals surface area contributed by atoms with Crippen LogP contribution in [0.2, 0.25) is 0 Å². The van der Waals surface area contributed by atoms with Crippen LogP contribution in [-0.4, -0.2) is 193 Å². The number of nitrogens with one attached hydrogen (secondary N) is 1. The summed E-state index contributed by atoms with van der Waals surface area (Å²) in [6, 6.07) is -0.870. The number of carbonyl (C=O) groups excluding carboxylic acids is 1. The molecule has 0 bridgehead atoms. The van der Waals surface area contributed by atoms with Crippen molar-refractivity contribution >= 4 is 5.91 Å². The summed E-state index contributed by atoms with van der Waals surface area (Å²) in [5, 5.41) is 118. The number of rotatable bonds is 22. The number of ether oxygens (including phenoxy) is 6. The van der Waals surface area contributed by atoms with Crippen molar-refractivity contribution in [3.8, 4) is 0 Å². The number of unbranched alkanes of at least 4 members (excludes halogenated alkanes) is 6. The molecule has 0 aromatic rings. The Morgan fingerprint density at radius 3 is 1.62 bits per heavy atom. The average Bonchev–Trinajstić information content (AvgIpc) is 3.15. The topological polar surface area (TPSA) is 307 Å². The van der Waals surface area contributed by atoms with Crippen LogP contribution >= 0.6 is 0 Å². The van der Waals surface area contributed by atoms with Crippen molar-refractivity contribution in [3.05, 3.63) is 0 Å². The van der Waals surface area contributed by atoms with Gasteiger partial charge < -0.3 is 89.9 Å². The van der Waals surface area contributed by atoms with Crippen molar-refractivity contribution < 1.29 is 89.4 Å². The monoisotopic (exact) mass is 773 g/mol. The Morgan fingerprint density at radius 2 is 1.08 bits per heavy atom. The summed E-state index contributed by atoms with van der Waals surface area (Å²) in [5.41, 5.74) is 0. The van der Waals surface area contributed by atoms with Gasteiger partial charge in [-0.1, -0.05) is 58.8 Å². The first-order chi connectivity index (χ1) is 25.3. The molecular weight excluding hydrogens is 710 g/mol. The minimum Gasteiger partial charge on any atom is -0.394 e. The fraction of sp³-hybridized carbons (Fsp3) is 0.971. The molecule has 0 radical (unpaired) electrons. The molecule has 3 saturated heterocycles. The van der Waals surface area contributed by atoms with Gasteiger partial charge in [0.05, 0.1) is 38.6 Å². The van der Waals surface area contributed by atoms with Crippen LogP contribution in [0.3, 0.4) is 0 Å². The van der Waals surface area contributed by atoms with Gasteiger partial charge in [0, 0.05) is 6.42 Å². The van der Waals surface area contributed by atoms with Gasteiger partial charge in [0.15, 0.2) is 18.9 Å². The second kappa shape index (κ2) is 23.1. The first-order valence-electron chi connectivity index (χ1n) is 18.8. The number of amides is 1. The second-order valence-electron chi connectivity index (χ2n) is 14.0. The molecule has 17 unspecified atom stereocenters. The van der Waals surface area contributed by atoms with E-state index in [2.05, 4.69) is 12.2 Å². The van der Waals surface area contributed by atoms with E-state index in [4.69, 9.17) is 28.4 Å². The van der Waals surface area contributed by atoms with Crippen LogP contribution in [0.1, 0.15) is 78.1 Å². The summed E-state index contributed by atoms with van der Waals surface area (Å²) >= 11 is 0. The maximum absolute atomic E-state index is 12.7. The molecule has 0 spiro atoms. The van der Waals surface area contributed by atoms with Gasteiger partial charge in [0.1, 0.15) is 73.2 Å². The Kier molecular flexibility index (Phi) is 20.1. The van der Waals surface area contributed by atoms with Gasteiger partial charge in [0.2, 0.25) is 5.91 Å². The molecule has 0 aliphatic carbocycles. The molecule has 3 heterocycles. The fourth-order valence-corrected chi connectivity index (χ4v) is 6.60. The van der Waals surface area contributed by atoms with Crippen LogP contribution in [0.5, 0.6) is 0 Å². The highest BCUT2D eigenvalue weighted by Crippen LogP contribution is 2.32. The van der Waals surface area contributed by atoms with E-state index in [1.54, 1.807) is 0 Å². The molecule has 3 aliphatic rings. The molecule has 3 aliphatic heterocycles. The molecule has 1 amide bonds. The molecule has 3 fully saturated rings. The summed E-state index contributed by atoms with van der Waals surface area (Å²) in [6.07, 6.45) is -18.5. The molecule has 0 aromatic heterocycles. The van der Waals surface area contributed by atoms with Gasteiger partial charge in [-0.05, 0) is 12.8 Å². The largest absolute Gasteiger partial charge is 0.394 e. The van der Waals surface area contributed by atoms with E-state index < -0.39 is 124 Å². The van der Waals surface area contributed by atoms with Crippen molar-refractivity contribution in [2.45, 2.75) is 182 Å². The van der Waals surface area contributed by atoms with E-state index in [1.807, 2.05) is 6.92 Å². The van der Waals surface area contributed by atoms with Crippen LogP contribution in [0.15, 0.2) is 0 Å². The van der Waals surface area contributed by atoms with Crippen LogP contribution < -0.4 is 5.32 Å². The highest BCUT2D eigenvalue weighted by atomic mass is 16.8. The lowest BCUT2D eigenvalue weighted by molar-refractivity contribution is -0.379. The van der Waals surface area contributed by atoms with Gasteiger partial charge in [-0.2, -0.15) is 0 Å². The summed E-state index contributed by atoms with van der Waals surface area (Å²) in [5.74, 6) is -0.279. The van der Waals surface area contributed by atoms with Gasteiger partial charge in [-0.25, -0.2) is 0 Å². The lowest BCUT2D eigenvalue weighted by Gasteiger charge is -2.48. The van der Waals surface area contributed by atoms with Gasteiger partial charge in [0.25, 0.3) is 0 Å². The Labute approximate surface area is 309 Å². The smallest absolute Gasteiger partial charge is 0.220 e. The lowest BCUT2D eigenvalue weighted by atomic mass is 9.96. The minimum atomic E-state index is -1.96. The van der Waals surface area contributed by atoms with Crippen LogP contribution in [0, 0.1) is 0 Å². The third kappa shape index (κ3) is 12.6. The zero-order valence-corrected chi connectivity index (χ0v) is 30.5. The summed E-state index contributed by atoms with van der Waals surface area (Å²) in [6.45, 7) is 1.40. The predicted octanol–water partition coefficient (Wildman–Crippen LogP) is -3.76. The normalized spacial score (nSPS) is 39.1. The lowest BCUT2D eigenvalue weighted by Crippen LogP contribution is -2.66. The number of hydrogen-bond donors (Lipinski definition) is 12. The zero-order chi connectivity index (χ0) is 39.2. The maximum Gasteiger partial charge on any atom is 0.220 e. The van der Waals surface area contributed by atoms with E-state index in [0.717, 1.165) is 44.9 Å². The number of aliphatic hydroxyl groups excluding tert-OH is 11. The van der Waals surface area contributed by atoms with Crippen LogP contribution in [0.4, 0.5) is 0 Å². The first kappa shape index (κ1) is 46.2. The van der Waals surface area contributed by atoms with E-state index in [-0.39, 0.29) is 18.9 Å². The second-order valence-corrected chi connectivity index (χ2v) is 14.0. The van der Waals surface area contributed by atoms with Crippen molar-refractivity contribution in [1.82, 2.24) is 5.32 Å². The average molecular weight is 774 g/mol. The Balaban J connectivity index is 1.64. The summed E-state index contributed by atoms with van der Waals surface area (Å²) in [4.78, 5) is 12.7. The van der Waals surface area contributed by atoms with E-state index in [9.17, 15) is 61.0 Å². The number of carbonyl (C=O) groups is 1. The fourth-order valence-electron chi connectivity index (χ4n) is 6.60. The van der Waals surface area contributed by atoms with E-state index in [1.165, 1.54) is 0 Å². The molecule has 53 heavy (non-hydrogen) atoms. The molecule has 17 atom stereocenters. The standard InChI is InChI=1S/C34H63NO18/c1-3-5-7-8-10-11-18(39)17(35-22(40)12-9-6-4-2)16-48-32-28(46)25(43)30(20(14-37)50-32)53-34-29(47)26(44)31(21(15-38)51-34)52-33-27(45)24(42)23(41)19(13-36)49-33/h17-21,23-34,36-39,41-47H,3-16H2,1-2H3,(H,35,40). The van der Waals surface area contributed by atoms with Crippen molar-refractivity contribution in [2.24, 2.45) is 0 Å². The van der Waals surface area contributed by atoms with Gasteiger partial charge >= 0.3 is 0 Å². The highest BCUT2D eigenvalue weighted by Gasteiger charge is 2.53. The Hall–Kier alpha value is -1.21. The molecule has 19 heteroatoms. The van der Waals surface area contributed by atoms with Gasteiger partial charge in [-0.15, -0.1) is 0 Å². The Bertz CT molecular complexity index is 1030. The molecule has 312 valence electrons. The quantitative estimate of drug-likeness (QED) is 0.0470. The zero-order valence-electron chi connectivity index (χ0n) is 30.5. The Morgan fingerprint density at radius 1 is 0.604 bits per heavy atom. The van der Waals surface area contributed by atoms with Gasteiger partial charge in [-0.3, -0.25) is 4.79 Å². The molecule has 0 saturated carbocycles. The van der Waals surface area contributed by atoms with Crippen molar-refractivity contribution in [1.29, 1.82) is 0 Å². The molecule has 3 rings (SSSR count). The third-order valence-corrected chi connectivity index (χ3v) is 9.93. The van der Waals surface area contributed by atoms with E-state index in [0.29, 0.717) is 12.8 Å². The number of hydrogen-bond acceptors (Lipinski definition) is 18. The van der Waals surface area contributed by atoms with Crippen LogP contribution in [-0.2, 0) is 33.2 Å². The SMILES string of the molecule is CCCCCCCC(O)C(COC1OC(CO)C(OC2OC(CO)C(OC3OC(CO)C(O)C(O)C3O)C(O)C2O)C(O)C1O)NC(=O)CCCCC. The maximum atomic E-state index is 12.7. The third-order valence-electron chi connectivity index (χ3n) is 9.93. The highest BCUT2D eigenvalue weighted by molar-refractivity contribution is 5.76. The minimum absolute atomic E-state index is 0.252. The number of aliphatic hydroxyl groups is 11. The molecule has 19 nitrogen and oxygen atoms in total. The molecule has 12 N–H and O–H groups in total. The van der Waals surface area contributed by atoms with Crippen molar-refractivity contribution in [3.63, 3.8) is 0 Å². The summed E-state index contributed by atoms with van der Waals surface area (Å²) < 4.78 is 33.6. The van der Waals surface area contributed by atoms with Crippen LogP contribution in [0.25, 0.3) is 0 Å². The molecular formula is C34H63NO18. The predicted molar refractivity (Wildman–Crippen MR) is 180 cm³/mol. The summed E-state index contributed by atoms with van der Waals surface area (Å²) in [7, 11) is 0. The first-order valence-corrected chi connectivity index (χ1v) is 18.8.